The summed E-state index contributed by atoms with van der Waals surface area (Å²) in [7, 11) is 0. The molecule has 0 amide bonds. The van der Waals surface area contributed by atoms with Crippen molar-refractivity contribution in [3.63, 3.8) is 0 Å². The second-order valence-corrected chi connectivity index (χ2v) is 6.31. The Labute approximate surface area is 117 Å². The zero-order valence-electron chi connectivity index (χ0n) is 12.5. The second-order valence-electron chi connectivity index (χ2n) is 6.31. The third kappa shape index (κ3) is 2.54. The summed E-state index contributed by atoms with van der Waals surface area (Å²) in [4.78, 5) is 7.01. The van der Waals surface area contributed by atoms with Gasteiger partial charge >= 0.3 is 0 Å². The monoisotopic (exact) mass is 261 g/mol. The Morgan fingerprint density at radius 1 is 1.32 bits per heavy atom. The highest BCUT2D eigenvalue weighted by Gasteiger charge is 2.50. The summed E-state index contributed by atoms with van der Waals surface area (Å²) in [5.74, 6) is 0. The summed E-state index contributed by atoms with van der Waals surface area (Å²) in [6, 6.07) is 6.14. The molecule has 1 saturated carbocycles. The predicted molar refractivity (Wildman–Crippen MR) is 79.7 cm³/mol. The molecule has 0 saturated heterocycles. The van der Waals surface area contributed by atoms with Crippen molar-refractivity contribution in [1.82, 2.24) is 9.88 Å². The maximum Gasteiger partial charge on any atom is 0.0544 e. The molecule has 1 fully saturated rings. The van der Waals surface area contributed by atoms with Crippen molar-refractivity contribution >= 4 is 0 Å². The SMILES string of the molecule is CCN(Cc1ccccn1)C1(CN)CCCC1(C)C. The zero-order valence-corrected chi connectivity index (χ0v) is 12.5. The maximum absolute atomic E-state index is 6.21. The van der Waals surface area contributed by atoms with Crippen molar-refractivity contribution in [2.24, 2.45) is 11.1 Å². The van der Waals surface area contributed by atoms with Crippen LogP contribution in [0, 0.1) is 5.41 Å². The van der Waals surface area contributed by atoms with Gasteiger partial charge < -0.3 is 5.73 Å². The Morgan fingerprint density at radius 2 is 2.11 bits per heavy atom. The Hall–Kier alpha value is -0.930. The first-order valence-corrected chi connectivity index (χ1v) is 7.41. The highest BCUT2D eigenvalue weighted by atomic mass is 15.2. The normalized spacial score (nSPS) is 25.9. The third-order valence-corrected chi connectivity index (χ3v) is 5.06. The van der Waals surface area contributed by atoms with Crippen LogP contribution >= 0.6 is 0 Å². The van der Waals surface area contributed by atoms with Gasteiger partial charge in [0.15, 0.2) is 0 Å². The van der Waals surface area contributed by atoms with Crippen LogP contribution in [0.25, 0.3) is 0 Å². The standard InChI is InChI=1S/C16H27N3/c1-4-19(12-14-8-5-6-11-18-14)16(13-17)10-7-9-15(16,2)3/h5-6,8,11H,4,7,9-10,12-13,17H2,1-3H3. The molecule has 1 aromatic rings. The molecule has 1 aromatic heterocycles. The van der Waals surface area contributed by atoms with E-state index < -0.39 is 0 Å². The minimum absolute atomic E-state index is 0.124. The Morgan fingerprint density at radius 3 is 2.58 bits per heavy atom. The van der Waals surface area contributed by atoms with E-state index in [0.717, 1.165) is 25.3 Å². The van der Waals surface area contributed by atoms with Crippen LogP contribution in [0.2, 0.25) is 0 Å². The lowest BCUT2D eigenvalue weighted by Crippen LogP contribution is -2.59. The molecule has 3 heteroatoms. The van der Waals surface area contributed by atoms with Gasteiger partial charge in [-0.1, -0.05) is 33.3 Å². The van der Waals surface area contributed by atoms with Crippen LogP contribution in [0.15, 0.2) is 24.4 Å². The van der Waals surface area contributed by atoms with Crippen molar-refractivity contribution in [1.29, 1.82) is 0 Å². The number of pyridine rings is 1. The lowest BCUT2D eigenvalue weighted by molar-refractivity contribution is 0.00925. The van der Waals surface area contributed by atoms with E-state index in [1.165, 1.54) is 19.3 Å². The second kappa shape index (κ2) is 5.59. The van der Waals surface area contributed by atoms with Crippen molar-refractivity contribution in [3.8, 4) is 0 Å². The number of nitrogens with zero attached hydrogens (tertiary/aromatic N) is 2. The molecule has 3 nitrogen and oxygen atoms in total. The summed E-state index contributed by atoms with van der Waals surface area (Å²) in [5, 5.41) is 0. The van der Waals surface area contributed by atoms with Crippen LogP contribution in [0.4, 0.5) is 0 Å². The average molecular weight is 261 g/mol. The summed E-state index contributed by atoms with van der Waals surface area (Å²) in [6.07, 6.45) is 5.63. The quantitative estimate of drug-likeness (QED) is 0.886. The Balaban J connectivity index is 2.25. The van der Waals surface area contributed by atoms with E-state index in [-0.39, 0.29) is 11.0 Å². The first-order chi connectivity index (χ1) is 9.05. The van der Waals surface area contributed by atoms with Gasteiger partial charge in [-0.05, 0) is 36.9 Å². The molecule has 1 atom stereocenters. The van der Waals surface area contributed by atoms with E-state index in [1.807, 2.05) is 12.3 Å². The molecule has 0 bridgehead atoms. The van der Waals surface area contributed by atoms with Crippen LogP contribution in [0.3, 0.4) is 0 Å². The van der Waals surface area contributed by atoms with E-state index in [4.69, 9.17) is 5.73 Å². The molecule has 1 heterocycles. The molecule has 0 aliphatic heterocycles. The topological polar surface area (TPSA) is 42.2 Å². The minimum atomic E-state index is 0.124. The molecule has 19 heavy (non-hydrogen) atoms. The van der Waals surface area contributed by atoms with E-state index in [2.05, 4.69) is 42.8 Å². The van der Waals surface area contributed by atoms with Crippen LogP contribution in [0.1, 0.15) is 45.7 Å². The molecule has 0 aromatic carbocycles. The van der Waals surface area contributed by atoms with Gasteiger partial charge in [-0.15, -0.1) is 0 Å². The van der Waals surface area contributed by atoms with Gasteiger partial charge in [-0.25, -0.2) is 0 Å². The molecule has 0 radical (unpaired) electrons. The molecule has 106 valence electrons. The van der Waals surface area contributed by atoms with Crippen LogP contribution in [0.5, 0.6) is 0 Å². The zero-order chi connectivity index (χ0) is 13.9. The van der Waals surface area contributed by atoms with Gasteiger partial charge in [-0.3, -0.25) is 9.88 Å². The molecule has 2 rings (SSSR count). The number of hydrogen-bond donors (Lipinski definition) is 1. The Bertz CT molecular complexity index is 402. The Kier molecular flexibility index (Phi) is 4.26. The number of aromatic nitrogens is 1. The number of hydrogen-bond acceptors (Lipinski definition) is 3. The average Bonchev–Trinajstić information content (AvgIpc) is 2.73. The molecule has 1 aliphatic carbocycles. The molecular weight excluding hydrogens is 234 g/mol. The summed E-state index contributed by atoms with van der Waals surface area (Å²) in [6.45, 7) is 9.63. The molecule has 0 spiro atoms. The van der Waals surface area contributed by atoms with Gasteiger partial charge in [0.1, 0.15) is 0 Å². The first kappa shape index (κ1) is 14.5. The van der Waals surface area contributed by atoms with Gasteiger partial charge in [0.25, 0.3) is 0 Å². The van der Waals surface area contributed by atoms with Gasteiger partial charge in [-0.2, -0.15) is 0 Å². The number of likely N-dealkylation sites (N-methyl/N-ethyl adjacent to an activating group) is 1. The molecular formula is C16H27N3. The lowest BCUT2D eigenvalue weighted by Gasteiger charge is -2.49. The third-order valence-electron chi connectivity index (χ3n) is 5.06. The van der Waals surface area contributed by atoms with Crippen LogP contribution < -0.4 is 5.73 Å². The smallest absolute Gasteiger partial charge is 0.0544 e. The predicted octanol–water partition coefficient (Wildman–Crippen LogP) is 2.81. The maximum atomic E-state index is 6.21. The molecule has 1 unspecified atom stereocenters. The number of rotatable bonds is 5. The first-order valence-electron chi connectivity index (χ1n) is 7.41. The van der Waals surface area contributed by atoms with E-state index in [1.54, 1.807) is 0 Å². The van der Waals surface area contributed by atoms with Gasteiger partial charge in [0, 0.05) is 24.8 Å². The fourth-order valence-electron chi connectivity index (χ4n) is 3.74. The van der Waals surface area contributed by atoms with Gasteiger partial charge in [0.2, 0.25) is 0 Å². The fourth-order valence-corrected chi connectivity index (χ4v) is 3.74. The van der Waals surface area contributed by atoms with Crippen molar-refractivity contribution < 1.29 is 0 Å². The van der Waals surface area contributed by atoms with E-state index in [0.29, 0.717) is 0 Å². The number of nitrogens with two attached hydrogens (primary N) is 1. The highest BCUT2D eigenvalue weighted by Crippen LogP contribution is 2.49. The van der Waals surface area contributed by atoms with Gasteiger partial charge in [0.05, 0.1) is 5.69 Å². The minimum Gasteiger partial charge on any atom is -0.329 e. The fraction of sp³-hybridized carbons (Fsp3) is 0.688. The highest BCUT2D eigenvalue weighted by molar-refractivity contribution is 5.10. The van der Waals surface area contributed by atoms with Crippen molar-refractivity contribution in [2.45, 2.75) is 52.1 Å². The van der Waals surface area contributed by atoms with Crippen LogP contribution in [-0.4, -0.2) is 28.5 Å². The van der Waals surface area contributed by atoms with E-state index >= 15 is 0 Å². The molecule has 2 N–H and O–H groups in total. The summed E-state index contributed by atoms with van der Waals surface area (Å²) < 4.78 is 0. The lowest BCUT2D eigenvalue weighted by atomic mass is 9.73. The van der Waals surface area contributed by atoms with Crippen molar-refractivity contribution in [3.05, 3.63) is 30.1 Å². The van der Waals surface area contributed by atoms with Crippen LogP contribution in [-0.2, 0) is 6.54 Å². The summed E-state index contributed by atoms with van der Waals surface area (Å²) in [5.41, 5.74) is 7.76. The van der Waals surface area contributed by atoms with Crippen molar-refractivity contribution in [2.75, 3.05) is 13.1 Å². The largest absolute Gasteiger partial charge is 0.329 e. The van der Waals surface area contributed by atoms with E-state index in [9.17, 15) is 0 Å². The summed E-state index contributed by atoms with van der Waals surface area (Å²) >= 11 is 0. The molecule has 1 aliphatic rings.